The molecule has 17 heteroatoms. The number of fused-ring (bicyclic) bond motifs is 2. The first-order chi connectivity index (χ1) is 33.0. The highest BCUT2D eigenvalue weighted by atomic mass is 32.2. The van der Waals surface area contributed by atoms with Crippen LogP contribution in [0.4, 0.5) is 21.5 Å². The molecule has 0 radical (unpaired) electrons. The second-order valence-corrected chi connectivity index (χ2v) is 22.4. The van der Waals surface area contributed by atoms with Gasteiger partial charge in [0.05, 0.1) is 38.1 Å². The van der Waals surface area contributed by atoms with Crippen LogP contribution in [0.2, 0.25) is 0 Å². The molecule has 366 valence electrons. The zero-order valence-electron chi connectivity index (χ0n) is 39.7. The molecule has 2 saturated carbocycles. The number of aromatic nitrogens is 2. The summed E-state index contributed by atoms with van der Waals surface area (Å²) in [5, 5.41) is 26.3. The molecule has 15 nitrogen and oxygen atoms in total. The lowest BCUT2D eigenvalue weighted by molar-refractivity contribution is -0.384. The molecule has 5 aromatic rings. The van der Waals surface area contributed by atoms with E-state index < -0.39 is 42.9 Å². The van der Waals surface area contributed by atoms with E-state index in [0.717, 1.165) is 57.1 Å². The largest absolute Gasteiger partial charge is 0.489 e. The van der Waals surface area contributed by atoms with Crippen molar-refractivity contribution in [2.75, 3.05) is 36.5 Å². The van der Waals surface area contributed by atoms with Crippen molar-refractivity contribution in [2.24, 2.45) is 11.3 Å². The van der Waals surface area contributed by atoms with Crippen LogP contribution in [0.3, 0.4) is 0 Å². The number of aryl methyl sites for hydroxylation is 1. The number of carbonyl (C=O) groups excluding carboxylic acids is 1. The van der Waals surface area contributed by atoms with Crippen LogP contribution in [0.15, 0.2) is 71.8 Å². The summed E-state index contributed by atoms with van der Waals surface area (Å²) in [6.07, 6.45) is 10.9. The number of pyridine rings is 1. The molecule has 1 amide bonds. The molecule has 4 fully saturated rings. The third-order valence-corrected chi connectivity index (χ3v) is 17.2. The number of aromatic amines is 1. The minimum atomic E-state index is -4.72. The van der Waals surface area contributed by atoms with Crippen molar-refractivity contribution < 1.29 is 37.1 Å². The second-order valence-electron chi connectivity index (χ2n) is 20.7. The molecule has 2 aliphatic carbocycles. The van der Waals surface area contributed by atoms with Gasteiger partial charge in [0, 0.05) is 55.3 Å². The van der Waals surface area contributed by atoms with Gasteiger partial charge in [-0.25, -0.2) is 22.5 Å². The highest BCUT2D eigenvalue weighted by Crippen LogP contribution is 2.54. The minimum Gasteiger partial charge on any atom is -0.489 e. The van der Waals surface area contributed by atoms with E-state index in [-0.39, 0.29) is 57.9 Å². The molecule has 2 aromatic heterocycles. The summed E-state index contributed by atoms with van der Waals surface area (Å²) in [5.41, 5.74) is 3.46. The fourth-order valence-electron chi connectivity index (χ4n) is 11.9. The van der Waals surface area contributed by atoms with Gasteiger partial charge in [-0.2, -0.15) is 0 Å². The summed E-state index contributed by atoms with van der Waals surface area (Å²) in [4.78, 5) is 37.9. The molecule has 0 bridgehead atoms. The number of nitro groups is 1. The summed E-state index contributed by atoms with van der Waals surface area (Å²) in [6.45, 7) is 11.1. The van der Waals surface area contributed by atoms with Gasteiger partial charge in [-0.15, -0.1) is 0 Å². The summed E-state index contributed by atoms with van der Waals surface area (Å²) in [5.74, 6) is -0.772. The van der Waals surface area contributed by atoms with Gasteiger partial charge in [-0.05, 0) is 131 Å². The van der Waals surface area contributed by atoms with Crippen molar-refractivity contribution in [1.29, 1.82) is 0 Å². The molecular weight excluding hydrogens is 902 g/mol. The SMILES string of the molecule is CCc1nc2[nH]cc(F)c2cc1Oc1cc(N2CCC3(CC2)CC(N2CCC[C@H]2c2ccccc2C(C)C)C3)ccc1C(=O)NS(=O)(=O)c1cc2c(c([N+](=O)[O-])c1)N[C@@H](C1CCC(C)(O)CC1)CO2. The summed E-state index contributed by atoms with van der Waals surface area (Å²) in [7, 11) is -4.72. The van der Waals surface area contributed by atoms with E-state index in [1.54, 1.807) is 19.1 Å². The van der Waals surface area contributed by atoms with Crippen LogP contribution >= 0.6 is 0 Å². The van der Waals surface area contributed by atoms with E-state index in [0.29, 0.717) is 61.4 Å². The first kappa shape index (κ1) is 46.9. The van der Waals surface area contributed by atoms with Gasteiger partial charge in [0.2, 0.25) is 0 Å². The van der Waals surface area contributed by atoms with E-state index in [1.165, 1.54) is 48.4 Å². The van der Waals surface area contributed by atoms with Gasteiger partial charge in [-0.3, -0.25) is 19.8 Å². The number of nitrogens with zero attached hydrogens (tertiary/aromatic N) is 4. The molecule has 5 aliphatic rings. The summed E-state index contributed by atoms with van der Waals surface area (Å²) >= 11 is 0. The number of hydrogen-bond donors (Lipinski definition) is 4. The molecule has 3 aromatic carbocycles. The Kier molecular flexibility index (Phi) is 12.4. The third-order valence-electron chi connectivity index (χ3n) is 15.9. The minimum absolute atomic E-state index is 0.0233. The van der Waals surface area contributed by atoms with Crippen molar-refractivity contribution in [3.8, 4) is 17.2 Å². The molecule has 5 heterocycles. The normalized spacial score (nSPS) is 23.9. The monoisotopic (exact) mass is 963 g/mol. The Morgan fingerprint density at radius 1 is 1.04 bits per heavy atom. The molecule has 1 spiro atoms. The average molecular weight is 964 g/mol. The third kappa shape index (κ3) is 9.13. The number of aliphatic hydroxyl groups is 1. The predicted octanol–water partition coefficient (Wildman–Crippen LogP) is 9.91. The fourth-order valence-corrected chi connectivity index (χ4v) is 12.9. The number of anilines is 2. The van der Waals surface area contributed by atoms with Crippen molar-refractivity contribution >= 4 is 44.0 Å². The van der Waals surface area contributed by atoms with Crippen molar-refractivity contribution in [1.82, 2.24) is 19.6 Å². The molecule has 10 rings (SSSR count). The Labute approximate surface area is 402 Å². The highest BCUT2D eigenvalue weighted by molar-refractivity contribution is 7.90. The van der Waals surface area contributed by atoms with Crippen molar-refractivity contribution in [3.63, 3.8) is 0 Å². The molecule has 2 saturated heterocycles. The van der Waals surface area contributed by atoms with Crippen LogP contribution in [-0.4, -0.2) is 83.1 Å². The Bertz CT molecular complexity index is 2900. The van der Waals surface area contributed by atoms with E-state index >= 15 is 0 Å². The zero-order valence-corrected chi connectivity index (χ0v) is 40.5. The molecule has 3 aliphatic heterocycles. The maximum absolute atomic E-state index is 14.9. The van der Waals surface area contributed by atoms with Crippen LogP contribution in [-0.2, 0) is 16.4 Å². The zero-order chi connectivity index (χ0) is 48.4. The van der Waals surface area contributed by atoms with E-state index in [4.69, 9.17) is 9.47 Å². The number of likely N-dealkylation sites (tertiary alicyclic amines) is 1. The topological polar surface area (TPSA) is 192 Å². The van der Waals surface area contributed by atoms with E-state index in [2.05, 4.69) is 67.9 Å². The van der Waals surface area contributed by atoms with Crippen LogP contribution < -0.4 is 24.4 Å². The van der Waals surface area contributed by atoms with Crippen LogP contribution in [0.5, 0.6) is 17.2 Å². The number of benzene rings is 3. The van der Waals surface area contributed by atoms with Gasteiger partial charge in [0.15, 0.2) is 11.4 Å². The predicted molar refractivity (Wildman–Crippen MR) is 261 cm³/mol. The summed E-state index contributed by atoms with van der Waals surface area (Å²) in [6, 6.07) is 18.3. The van der Waals surface area contributed by atoms with Crippen LogP contribution in [0, 0.1) is 27.3 Å². The Morgan fingerprint density at radius 2 is 1.80 bits per heavy atom. The maximum atomic E-state index is 14.9. The Morgan fingerprint density at radius 3 is 2.52 bits per heavy atom. The maximum Gasteiger partial charge on any atom is 0.297 e. The number of ether oxygens (including phenoxy) is 2. The highest BCUT2D eigenvalue weighted by Gasteiger charge is 2.50. The van der Waals surface area contributed by atoms with Crippen LogP contribution in [0.25, 0.3) is 11.0 Å². The number of sulfonamides is 1. The standard InChI is InChI=1S/C52H62FN7O8S/c1-5-41-46(26-39-40(53)29-54-49(39)56-41)68-45-23-33(58-21-18-52(19-22-58)27-34(28-52)59-20-8-11-43(59)37-10-7-6-9-36(37)31(2)3)12-13-38(45)50(61)57-69(65,66)35-24-44(60(63)64)48-47(25-35)67-30-42(55-48)32-14-16-51(4,62)17-15-32/h6-7,9-10,12-13,23-26,29,31-32,34,42-43,55,62H,5,8,11,14-22,27-28,30H2,1-4H3,(H,54,56)(H,57,61)/t32?,42-,43+,51?/m1/s1. The van der Waals surface area contributed by atoms with E-state index in [9.17, 15) is 32.8 Å². The average Bonchev–Trinajstić information content (AvgIpc) is 3.96. The number of amides is 1. The fraction of sp³-hybridized carbons (Fsp3) is 0.500. The Balaban J connectivity index is 0.883. The molecule has 2 atom stereocenters. The lowest BCUT2D eigenvalue weighted by atomic mass is 9.59. The van der Waals surface area contributed by atoms with Gasteiger partial charge in [0.1, 0.15) is 29.6 Å². The van der Waals surface area contributed by atoms with Gasteiger partial charge < -0.3 is 29.8 Å². The van der Waals surface area contributed by atoms with Crippen molar-refractivity contribution in [3.05, 3.63) is 105 Å². The number of nitro benzene ring substituents is 1. The second kappa shape index (κ2) is 18.2. The number of H-pyrrole nitrogens is 1. The quantitative estimate of drug-likeness (QED) is 0.0685. The van der Waals surface area contributed by atoms with Crippen molar-refractivity contribution in [2.45, 2.75) is 133 Å². The summed E-state index contributed by atoms with van der Waals surface area (Å²) < 4.78 is 57.6. The number of halogens is 1. The van der Waals surface area contributed by atoms with Gasteiger partial charge >= 0.3 is 0 Å². The number of hydrogen-bond acceptors (Lipinski definition) is 12. The number of nitrogens with one attached hydrogen (secondary N) is 3. The number of rotatable bonds is 12. The number of piperidine rings is 1. The number of carbonyl (C=O) groups is 1. The first-order valence-electron chi connectivity index (χ1n) is 24.6. The van der Waals surface area contributed by atoms with Gasteiger partial charge in [0.25, 0.3) is 21.6 Å². The molecule has 4 N–H and O–H groups in total. The first-order valence-corrected chi connectivity index (χ1v) is 26.1. The van der Waals surface area contributed by atoms with Gasteiger partial charge in [-0.1, -0.05) is 45.0 Å². The molecule has 69 heavy (non-hydrogen) atoms. The smallest absolute Gasteiger partial charge is 0.297 e. The van der Waals surface area contributed by atoms with Crippen LogP contribution in [0.1, 0.15) is 131 Å². The Hall–Kier alpha value is -5.78. The lowest BCUT2D eigenvalue weighted by Gasteiger charge is -2.56. The molecular formula is C52H62FN7O8S. The van der Waals surface area contributed by atoms with E-state index in [1.807, 2.05) is 6.92 Å². The lowest BCUT2D eigenvalue weighted by Crippen LogP contribution is -2.54. The molecule has 0 unspecified atom stereocenters.